The lowest BCUT2D eigenvalue weighted by molar-refractivity contribution is -0.117. The molecular weight excluding hydrogens is 404 g/mol. The summed E-state index contributed by atoms with van der Waals surface area (Å²) in [5, 5.41) is 17.4. The molecule has 0 unspecified atom stereocenters. The molecular formula is C20H30N6OS2. The average Bonchev–Trinajstić information content (AvgIpc) is 2.65. The molecule has 0 aliphatic heterocycles. The van der Waals surface area contributed by atoms with Gasteiger partial charge in [-0.15, -0.1) is 0 Å². The van der Waals surface area contributed by atoms with E-state index in [1.54, 1.807) is 7.05 Å². The highest BCUT2D eigenvalue weighted by Crippen LogP contribution is 2.30. The van der Waals surface area contributed by atoms with Gasteiger partial charge in [0.2, 0.25) is 0 Å². The van der Waals surface area contributed by atoms with Gasteiger partial charge in [0.25, 0.3) is 5.91 Å². The Balaban J connectivity index is 2.40. The number of hydrogen-bond donors (Lipinski definition) is 4. The molecule has 29 heavy (non-hydrogen) atoms. The maximum atomic E-state index is 12.0. The van der Waals surface area contributed by atoms with Crippen molar-refractivity contribution < 1.29 is 4.79 Å². The van der Waals surface area contributed by atoms with Gasteiger partial charge in [-0.2, -0.15) is 4.99 Å². The van der Waals surface area contributed by atoms with Gasteiger partial charge in [0.05, 0.1) is 16.5 Å². The standard InChI is InChI=1S/C20H30N6OS2/c1-20(2,11-9-15(21)28-18(23)25-3)12-10-16(22)29-19(24)26-17(27)13-14-7-5-4-6-8-14/h4-8,21-22H,9-13H2,1-3H3,(H2,23,25)(H2,24,26,27). The molecule has 0 atom stereocenters. The number of amides is 1. The zero-order valence-corrected chi connectivity index (χ0v) is 18.8. The summed E-state index contributed by atoms with van der Waals surface area (Å²) in [6.45, 7) is 4.22. The van der Waals surface area contributed by atoms with Crippen LogP contribution in [-0.4, -0.2) is 33.4 Å². The number of carbonyl (C=O) groups excluding carboxylic acids is 1. The minimum atomic E-state index is -0.319. The SMILES string of the molecule is CN=C(N)SC(=N)CCC(C)(C)CCC(=N)SC(N)=NC(=O)Cc1ccccc1. The van der Waals surface area contributed by atoms with Gasteiger partial charge in [-0.3, -0.25) is 20.6 Å². The van der Waals surface area contributed by atoms with E-state index >= 15 is 0 Å². The van der Waals surface area contributed by atoms with Gasteiger partial charge in [-0.05, 0) is 60.2 Å². The van der Waals surface area contributed by atoms with Gasteiger partial charge >= 0.3 is 0 Å². The fourth-order valence-electron chi connectivity index (χ4n) is 2.38. The fourth-order valence-corrected chi connectivity index (χ4v) is 3.54. The molecule has 1 aromatic carbocycles. The number of thioether (sulfide) groups is 2. The van der Waals surface area contributed by atoms with E-state index < -0.39 is 0 Å². The molecule has 0 bridgehead atoms. The molecule has 0 aromatic heterocycles. The quantitative estimate of drug-likeness (QED) is 0.361. The van der Waals surface area contributed by atoms with Crippen LogP contribution in [0, 0.1) is 16.2 Å². The molecule has 7 nitrogen and oxygen atoms in total. The zero-order chi connectivity index (χ0) is 21.9. The normalized spacial score (nSPS) is 12.7. The molecule has 0 radical (unpaired) electrons. The first kappa shape index (κ1) is 24.9. The maximum Gasteiger partial charge on any atom is 0.252 e. The second kappa shape index (κ2) is 12.4. The molecule has 0 aliphatic rings. The Morgan fingerprint density at radius 3 is 2.03 bits per heavy atom. The zero-order valence-electron chi connectivity index (χ0n) is 17.2. The first-order valence-corrected chi connectivity index (χ1v) is 10.9. The summed E-state index contributed by atoms with van der Waals surface area (Å²) in [4.78, 5) is 19.7. The van der Waals surface area contributed by atoms with Gasteiger partial charge in [0, 0.05) is 7.05 Å². The second-order valence-corrected chi connectivity index (χ2v) is 9.51. The summed E-state index contributed by atoms with van der Waals surface area (Å²) in [6.07, 6.45) is 2.94. The second-order valence-electron chi connectivity index (χ2n) is 7.28. The van der Waals surface area contributed by atoms with Crippen molar-refractivity contribution in [1.29, 1.82) is 10.8 Å². The van der Waals surface area contributed by atoms with Gasteiger partial charge < -0.3 is 11.5 Å². The van der Waals surface area contributed by atoms with E-state index in [1.807, 2.05) is 30.3 Å². The van der Waals surface area contributed by atoms with E-state index in [1.165, 1.54) is 11.8 Å². The summed E-state index contributed by atoms with van der Waals surface area (Å²) in [7, 11) is 1.60. The molecule has 1 rings (SSSR count). The van der Waals surface area contributed by atoms with Crippen LogP contribution in [0.4, 0.5) is 0 Å². The topological polar surface area (TPSA) is 142 Å². The lowest BCUT2D eigenvalue weighted by Gasteiger charge is -2.24. The molecule has 1 aromatic rings. The molecule has 0 saturated heterocycles. The van der Waals surface area contributed by atoms with E-state index in [2.05, 4.69) is 23.8 Å². The summed E-state index contributed by atoms with van der Waals surface area (Å²) in [5.41, 5.74) is 12.3. The van der Waals surface area contributed by atoms with Crippen molar-refractivity contribution in [3.63, 3.8) is 0 Å². The van der Waals surface area contributed by atoms with Gasteiger partial charge in [-0.25, -0.2) is 0 Å². The van der Waals surface area contributed by atoms with Gasteiger partial charge in [-0.1, -0.05) is 44.2 Å². The van der Waals surface area contributed by atoms with E-state index in [9.17, 15) is 4.79 Å². The Kier molecular flexibility index (Phi) is 10.7. The van der Waals surface area contributed by atoms with Crippen molar-refractivity contribution in [3.8, 4) is 0 Å². The summed E-state index contributed by atoms with van der Waals surface area (Å²) in [6, 6.07) is 9.36. The van der Waals surface area contributed by atoms with Crippen LogP contribution in [-0.2, 0) is 11.2 Å². The van der Waals surface area contributed by atoms with Crippen LogP contribution in [0.1, 0.15) is 45.1 Å². The van der Waals surface area contributed by atoms with Crippen LogP contribution in [0.5, 0.6) is 0 Å². The number of nitrogens with one attached hydrogen (secondary N) is 2. The Morgan fingerprint density at radius 1 is 1.00 bits per heavy atom. The number of amidine groups is 2. The van der Waals surface area contributed by atoms with Gasteiger partial charge in [0.15, 0.2) is 10.3 Å². The lowest BCUT2D eigenvalue weighted by Crippen LogP contribution is -2.17. The van der Waals surface area contributed by atoms with Crippen molar-refractivity contribution in [2.24, 2.45) is 26.9 Å². The third-order valence-electron chi connectivity index (χ3n) is 4.17. The van der Waals surface area contributed by atoms with Crippen LogP contribution in [0.2, 0.25) is 0 Å². The lowest BCUT2D eigenvalue weighted by atomic mass is 9.83. The smallest absolute Gasteiger partial charge is 0.252 e. The van der Waals surface area contributed by atoms with E-state index in [4.69, 9.17) is 22.3 Å². The average molecular weight is 435 g/mol. The Labute approximate surface area is 181 Å². The predicted octanol–water partition coefficient (Wildman–Crippen LogP) is 4.02. The van der Waals surface area contributed by atoms with Crippen LogP contribution < -0.4 is 11.5 Å². The minimum absolute atomic E-state index is 0.0348. The van der Waals surface area contributed by atoms with Crippen molar-refractivity contribution in [2.45, 2.75) is 46.0 Å². The maximum absolute atomic E-state index is 12.0. The third kappa shape index (κ3) is 11.5. The summed E-state index contributed by atoms with van der Waals surface area (Å²) < 4.78 is 0. The first-order valence-electron chi connectivity index (χ1n) is 9.25. The molecule has 0 saturated carbocycles. The Morgan fingerprint density at radius 2 is 1.52 bits per heavy atom. The summed E-state index contributed by atoms with van der Waals surface area (Å²) >= 11 is 2.21. The van der Waals surface area contributed by atoms with Crippen molar-refractivity contribution in [1.82, 2.24) is 0 Å². The predicted molar refractivity (Wildman–Crippen MR) is 127 cm³/mol. The molecule has 0 aliphatic carbocycles. The first-order chi connectivity index (χ1) is 13.6. The molecule has 1 amide bonds. The van der Waals surface area contributed by atoms with Crippen molar-refractivity contribution in [3.05, 3.63) is 35.9 Å². The number of hydrogen-bond acceptors (Lipinski definition) is 6. The Bertz CT molecular complexity index is 774. The van der Waals surface area contributed by atoms with E-state index in [-0.39, 0.29) is 22.9 Å². The molecule has 0 spiro atoms. The van der Waals surface area contributed by atoms with E-state index in [0.717, 1.165) is 30.2 Å². The van der Waals surface area contributed by atoms with Crippen molar-refractivity contribution in [2.75, 3.05) is 7.05 Å². The van der Waals surface area contributed by atoms with Crippen LogP contribution in [0.15, 0.2) is 40.3 Å². The molecule has 9 heteroatoms. The molecule has 0 heterocycles. The number of nitrogens with zero attached hydrogens (tertiary/aromatic N) is 2. The number of aliphatic imine (C=N–C) groups is 2. The fraction of sp³-hybridized carbons (Fsp3) is 0.450. The van der Waals surface area contributed by atoms with E-state index in [0.29, 0.717) is 28.1 Å². The van der Waals surface area contributed by atoms with Gasteiger partial charge in [0.1, 0.15) is 0 Å². The minimum Gasteiger partial charge on any atom is -0.378 e. The number of nitrogens with two attached hydrogens (primary N) is 2. The third-order valence-corrected chi connectivity index (χ3v) is 5.76. The van der Waals surface area contributed by atoms with Crippen LogP contribution in [0.25, 0.3) is 0 Å². The number of rotatable bonds is 8. The highest BCUT2D eigenvalue weighted by molar-refractivity contribution is 8.26. The molecule has 0 fully saturated rings. The van der Waals surface area contributed by atoms with Crippen LogP contribution >= 0.6 is 23.5 Å². The highest BCUT2D eigenvalue weighted by Gasteiger charge is 2.20. The molecule has 158 valence electrons. The van der Waals surface area contributed by atoms with Crippen LogP contribution in [0.3, 0.4) is 0 Å². The number of benzene rings is 1. The van der Waals surface area contributed by atoms with Crippen molar-refractivity contribution >= 4 is 49.9 Å². The summed E-state index contributed by atoms with van der Waals surface area (Å²) in [5.74, 6) is -0.319. The largest absolute Gasteiger partial charge is 0.378 e. The monoisotopic (exact) mass is 434 g/mol. The highest BCUT2D eigenvalue weighted by atomic mass is 32.2. The molecule has 6 N–H and O–H groups in total. The Hall–Kier alpha value is -2.13. The number of carbonyl (C=O) groups is 1.